The van der Waals surface area contributed by atoms with Crippen molar-refractivity contribution in [1.29, 1.82) is 0 Å². The van der Waals surface area contributed by atoms with Crippen molar-refractivity contribution in [3.8, 4) is 0 Å². The largest absolute Gasteiger partial charge is 0.512 e. The summed E-state index contributed by atoms with van der Waals surface area (Å²) in [6.07, 6.45) is -0.593. The third kappa shape index (κ3) is 3.13. The maximum Gasteiger partial charge on any atom is 0.273 e. The Kier molecular flexibility index (Phi) is 4.73. The van der Waals surface area contributed by atoms with Gasteiger partial charge in [0.2, 0.25) is 0 Å². The molecular formula is C13H18N2O6. The van der Waals surface area contributed by atoms with Crippen LogP contribution < -0.4 is 5.56 Å². The smallest absolute Gasteiger partial charge is 0.273 e. The van der Waals surface area contributed by atoms with Gasteiger partial charge in [-0.15, -0.1) is 0 Å². The number of aromatic nitrogens is 2. The highest BCUT2D eigenvalue weighted by Gasteiger charge is 2.45. The summed E-state index contributed by atoms with van der Waals surface area (Å²) < 4.78 is 12.2. The van der Waals surface area contributed by atoms with Crippen molar-refractivity contribution < 1.29 is 24.8 Å². The predicted molar refractivity (Wildman–Crippen MR) is 72.6 cm³/mol. The molecule has 0 aliphatic carbocycles. The van der Waals surface area contributed by atoms with Gasteiger partial charge in [-0.2, -0.15) is 4.98 Å². The van der Waals surface area contributed by atoms with E-state index in [1.165, 1.54) is 36.9 Å². The molecule has 0 radical (unpaired) electrons. The maximum absolute atomic E-state index is 11.4. The Morgan fingerprint density at radius 3 is 2.90 bits per heavy atom. The van der Waals surface area contributed by atoms with E-state index < -0.39 is 30.1 Å². The lowest BCUT2D eigenvalue weighted by molar-refractivity contribution is -0.0612. The Bertz CT molecular complexity index is 580. The van der Waals surface area contributed by atoms with Crippen LogP contribution in [0.5, 0.6) is 0 Å². The number of hydrogen-bond donors (Lipinski definition) is 3. The first kappa shape index (κ1) is 15.6. The van der Waals surface area contributed by atoms with Crippen molar-refractivity contribution in [3.05, 3.63) is 34.2 Å². The molecule has 0 bridgehead atoms. The first-order valence-electron chi connectivity index (χ1n) is 6.41. The summed E-state index contributed by atoms with van der Waals surface area (Å²) in [5.74, 6) is 0.133. The summed E-state index contributed by atoms with van der Waals surface area (Å²) in [5, 5.41) is 28.6. The molecular weight excluding hydrogens is 280 g/mol. The van der Waals surface area contributed by atoms with Crippen molar-refractivity contribution in [2.24, 2.45) is 0 Å². The average molecular weight is 298 g/mol. The highest BCUT2D eigenvalue weighted by Crippen LogP contribution is 2.31. The lowest BCUT2D eigenvalue weighted by Crippen LogP contribution is -2.35. The van der Waals surface area contributed by atoms with Crippen LogP contribution in [0.25, 0.3) is 6.08 Å². The van der Waals surface area contributed by atoms with Crippen LogP contribution in [0.1, 0.15) is 19.0 Å². The van der Waals surface area contributed by atoms with Crippen molar-refractivity contribution >= 4 is 6.08 Å². The molecule has 0 spiro atoms. The molecule has 2 rings (SSSR count). The van der Waals surface area contributed by atoms with E-state index in [1.54, 1.807) is 0 Å². The second-order valence-electron chi connectivity index (χ2n) is 4.76. The van der Waals surface area contributed by atoms with E-state index >= 15 is 0 Å². The summed E-state index contributed by atoms with van der Waals surface area (Å²) in [4.78, 5) is 15.2. The lowest BCUT2D eigenvalue weighted by Gasteiger charge is -2.22. The van der Waals surface area contributed by atoms with Gasteiger partial charge in [-0.1, -0.05) is 0 Å². The van der Waals surface area contributed by atoms with Gasteiger partial charge in [0.05, 0.1) is 12.4 Å². The molecule has 3 N–H and O–H groups in total. The topological polar surface area (TPSA) is 114 Å². The molecule has 116 valence electrons. The van der Waals surface area contributed by atoms with Crippen LogP contribution >= 0.6 is 0 Å². The van der Waals surface area contributed by atoms with E-state index in [2.05, 4.69) is 4.98 Å². The van der Waals surface area contributed by atoms with E-state index in [1.807, 2.05) is 0 Å². The van der Waals surface area contributed by atoms with Gasteiger partial charge in [0.1, 0.15) is 24.1 Å². The summed E-state index contributed by atoms with van der Waals surface area (Å²) in [6.45, 7) is 1.08. The standard InChI is InChI=1S/C13H18N2O6/c1-7(17)5-9-14-10(18)3-4-15(9)13-12(20-2)11(19)8(6-16)21-13/h3-5,8,11-13,16-17,19H,6H2,1-2H3/b7-5+/t8-,11-,12-,13-/m1/s1. The molecule has 1 saturated heterocycles. The molecule has 0 saturated carbocycles. The predicted octanol–water partition coefficient (Wildman–Crippen LogP) is -0.572. The number of aliphatic hydroxyl groups excluding tert-OH is 3. The summed E-state index contributed by atoms with van der Waals surface area (Å²) >= 11 is 0. The van der Waals surface area contributed by atoms with E-state index in [0.717, 1.165) is 0 Å². The molecule has 1 aromatic rings. The van der Waals surface area contributed by atoms with Crippen LogP contribution in [-0.2, 0) is 9.47 Å². The van der Waals surface area contributed by atoms with Gasteiger partial charge < -0.3 is 29.4 Å². The molecule has 0 unspecified atom stereocenters. The van der Waals surface area contributed by atoms with Gasteiger partial charge in [-0.25, -0.2) is 0 Å². The van der Waals surface area contributed by atoms with Crippen LogP contribution in [-0.4, -0.2) is 56.9 Å². The first-order chi connectivity index (χ1) is 9.97. The Balaban J connectivity index is 2.46. The second kappa shape index (κ2) is 6.35. The fraction of sp³-hybridized carbons (Fsp3) is 0.538. The molecule has 8 heteroatoms. The average Bonchev–Trinajstić information content (AvgIpc) is 2.74. The third-order valence-electron chi connectivity index (χ3n) is 3.24. The molecule has 0 aromatic carbocycles. The fourth-order valence-corrected chi connectivity index (χ4v) is 2.29. The Labute approximate surface area is 120 Å². The highest BCUT2D eigenvalue weighted by molar-refractivity contribution is 5.42. The molecule has 21 heavy (non-hydrogen) atoms. The van der Waals surface area contributed by atoms with Gasteiger partial charge in [0.25, 0.3) is 5.56 Å². The Hall–Kier alpha value is -1.74. The minimum absolute atomic E-state index is 0.0342. The molecule has 1 fully saturated rings. The van der Waals surface area contributed by atoms with E-state index in [4.69, 9.17) is 9.47 Å². The Morgan fingerprint density at radius 2 is 2.33 bits per heavy atom. The molecule has 1 aliphatic heterocycles. The van der Waals surface area contributed by atoms with Gasteiger partial charge >= 0.3 is 0 Å². The fourth-order valence-electron chi connectivity index (χ4n) is 2.29. The normalized spacial score (nSPS) is 29.8. The van der Waals surface area contributed by atoms with Crippen molar-refractivity contribution in [1.82, 2.24) is 9.55 Å². The monoisotopic (exact) mass is 298 g/mol. The van der Waals surface area contributed by atoms with Gasteiger partial charge in [-0.3, -0.25) is 4.79 Å². The van der Waals surface area contributed by atoms with Crippen molar-refractivity contribution in [3.63, 3.8) is 0 Å². The minimum atomic E-state index is -1.02. The molecule has 2 heterocycles. The molecule has 8 nitrogen and oxygen atoms in total. The number of aliphatic hydroxyl groups is 3. The zero-order chi connectivity index (χ0) is 15.6. The van der Waals surface area contributed by atoms with Gasteiger partial charge in [0, 0.05) is 25.4 Å². The minimum Gasteiger partial charge on any atom is -0.512 e. The van der Waals surface area contributed by atoms with Crippen molar-refractivity contribution in [2.75, 3.05) is 13.7 Å². The summed E-state index contributed by atoms with van der Waals surface area (Å²) in [7, 11) is 1.41. The maximum atomic E-state index is 11.4. The summed E-state index contributed by atoms with van der Waals surface area (Å²) in [6, 6.07) is 1.23. The van der Waals surface area contributed by atoms with Gasteiger partial charge in [0.15, 0.2) is 6.23 Å². The first-order valence-corrected chi connectivity index (χ1v) is 6.41. The van der Waals surface area contributed by atoms with E-state index in [0.29, 0.717) is 0 Å². The molecule has 1 aromatic heterocycles. The van der Waals surface area contributed by atoms with E-state index in [9.17, 15) is 20.1 Å². The zero-order valence-corrected chi connectivity index (χ0v) is 11.7. The molecule has 4 atom stereocenters. The van der Waals surface area contributed by atoms with E-state index in [-0.39, 0.29) is 18.2 Å². The summed E-state index contributed by atoms with van der Waals surface area (Å²) in [5.41, 5.74) is -0.468. The second-order valence-corrected chi connectivity index (χ2v) is 4.76. The van der Waals surface area contributed by atoms with Crippen LogP contribution in [0.2, 0.25) is 0 Å². The highest BCUT2D eigenvalue weighted by atomic mass is 16.6. The lowest BCUT2D eigenvalue weighted by atomic mass is 10.1. The zero-order valence-electron chi connectivity index (χ0n) is 11.7. The van der Waals surface area contributed by atoms with Crippen molar-refractivity contribution in [2.45, 2.75) is 31.5 Å². The number of nitrogens with zero attached hydrogens (tertiary/aromatic N) is 2. The Morgan fingerprint density at radius 1 is 1.62 bits per heavy atom. The number of rotatable bonds is 4. The third-order valence-corrected chi connectivity index (χ3v) is 3.24. The SMILES string of the molecule is CO[C@@H]1[C@H](O)[C@@H](CO)O[C@H]1n1ccc(=O)nc1/C=C(\C)O. The molecule has 0 amide bonds. The van der Waals surface area contributed by atoms with Gasteiger partial charge in [-0.05, 0) is 6.92 Å². The van der Waals surface area contributed by atoms with Crippen LogP contribution in [0.15, 0.2) is 22.8 Å². The number of methoxy groups -OCH3 is 1. The number of hydrogen-bond acceptors (Lipinski definition) is 7. The quantitative estimate of drug-likeness (QED) is 0.638. The van der Waals surface area contributed by atoms with Crippen LogP contribution in [0.3, 0.4) is 0 Å². The van der Waals surface area contributed by atoms with Crippen LogP contribution in [0, 0.1) is 0 Å². The molecule has 1 aliphatic rings. The van der Waals surface area contributed by atoms with Crippen LogP contribution in [0.4, 0.5) is 0 Å². The number of ether oxygens (including phenoxy) is 2. The number of allylic oxidation sites excluding steroid dienone is 1.